The van der Waals surface area contributed by atoms with Crippen molar-refractivity contribution in [1.29, 1.82) is 0 Å². The molecule has 1 aromatic carbocycles. The molecule has 1 aromatic rings. The molecule has 0 aromatic heterocycles. The first kappa shape index (κ1) is 17.8. The van der Waals surface area contributed by atoms with Crippen molar-refractivity contribution in [3.05, 3.63) is 35.6 Å². The number of piperazine rings is 1. The van der Waals surface area contributed by atoms with Crippen LogP contribution in [0.5, 0.6) is 0 Å². The molecule has 25 heavy (non-hydrogen) atoms. The van der Waals surface area contributed by atoms with Crippen molar-refractivity contribution in [3.63, 3.8) is 0 Å². The summed E-state index contributed by atoms with van der Waals surface area (Å²) >= 11 is 0. The normalized spacial score (nSPS) is 24.9. The molecule has 3 N–H and O–H groups in total. The van der Waals surface area contributed by atoms with Crippen LogP contribution in [0.3, 0.4) is 0 Å². The standard InChI is InChI=1S/C18H25FN4O2/c19-15-5-1-3-13(9-15)16-10-21-6-8-22(16)12-17(24)23-7-2-4-14(11-23)18(20)25/h1,3,5,9,14,16,21H,2,4,6-8,10-12H2,(H2,20,25). The van der Waals surface area contributed by atoms with Gasteiger partial charge in [0.1, 0.15) is 5.82 Å². The van der Waals surface area contributed by atoms with Crippen LogP contribution in [0.25, 0.3) is 0 Å². The SMILES string of the molecule is NC(=O)C1CCCN(C(=O)CN2CCNCC2c2cccc(F)c2)C1. The number of nitrogens with two attached hydrogens (primary N) is 1. The highest BCUT2D eigenvalue weighted by Crippen LogP contribution is 2.23. The molecule has 0 saturated carbocycles. The molecule has 0 spiro atoms. The van der Waals surface area contributed by atoms with E-state index in [4.69, 9.17) is 5.73 Å². The Bertz CT molecular complexity index is 639. The zero-order chi connectivity index (χ0) is 17.8. The van der Waals surface area contributed by atoms with E-state index in [9.17, 15) is 14.0 Å². The molecule has 0 radical (unpaired) electrons. The van der Waals surface area contributed by atoms with E-state index in [0.717, 1.165) is 31.5 Å². The Morgan fingerprint density at radius 3 is 2.92 bits per heavy atom. The second-order valence-electron chi connectivity index (χ2n) is 6.83. The Morgan fingerprint density at radius 1 is 1.32 bits per heavy atom. The number of primary amides is 1. The van der Waals surface area contributed by atoms with Crippen LogP contribution in [-0.4, -0.2) is 60.9 Å². The summed E-state index contributed by atoms with van der Waals surface area (Å²) in [4.78, 5) is 28.0. The van der Waals surface area contributed by atoms with Crippen molar-refractivity contribution in [1.82, 2.24) is 15.1 Å². The predicted octanol–water partition coefficient (Wildman–Crippen LogP) is 0.496. The van der Waals surface area contributed by atoms with Gasteiger partial charge in [0.2, 0.25) is 11.8 Å². The molecular weight excluding hydrogens is 323 g/mol. The molecule has 136 valence electrons. The van der Waals surface area contributed by atoms with Gasteiger partial charge in [-0.05, 0) is 30.5 Å². The van der Waals surface area contributed by atoms with Gasteiger partial charge in [0.15, 0.2) is 0 Å². The van der Waals surface area contributed by atoms with Gasteiger partial charge >= 0.3 is 0 Å². The number of amides is 2. The van der Waals surface area contributed by atoms with Gasteiger partial charge < -0.3 is 16.0 Å². The number of hydrogen-bond acceptors (Lipinski definition) is 4. The average Bonchev–Trinajstić information content (AvgIpc) is 2.62. The van der Waals surface area contributed by atoms with Crippen LogP contribution < -0.4 is 11.1 Å². The Labute approximate surface area is 147 Å². The summed E-state index contributed by atoms with van der Waals surface area (Å²) in [7, 11) is 0. The van der Waals surface area contributed by atoms with Crippen molar-refractivity contribution in [3.8, 4) is 0 Å². The lowest BCUT2D eigenvalue weighted by atomic mass is 9.97. The Balaban J connectivity index is 1.67. The fourth-order valence-electron chi connectivity index (χ4n) is 3.69. The summed E-state index contributed by atoms with van der Waals surface area (Å²) in [5.41, 5.74) is 6.26. The third kappa shape index (κ3) is 4.35. The Hall–Kier alpha value is -1.99. The van der Waals surface area contributed by atoms with E-state index in [1.54, 1.807) is 11.0 Å². The molecule has 2 unspecified atom stereocenters. The summed E-state index contributed by atoms with van der Waals surface area (Å²) in [6.45, 7) is 3.54. The third-order valence-electron chi connectivity index (χ3n) is 5.10. The molecule has 0 bridgehead atoms. The van der Waals surface area contributed by atoms with Crippen LogP contribution in [0.4, 0.5) is 4.39 Å². The predicted molar refractivity (Wildman–Crippen MR) is 92.1 cm³/mol. The molecule has 2 heterocycles. The van der Waals surface area contributed by atoms with Crippen molar-refractivity contribution < 1.29 is 14.0 Å². The Morgan fingerprint density at radius 2 is 2.16 bits per heavy atom. The van der Waals surface area contributed by atoms with Crippen molar-refractivity contribution in [2.24, 2.45) is 11.7 Å². The smallest absolute Gasteiger partial charge is 0.236 e. The first-order chi connectivity index (χ1) is 12.0. The maximum absolute atomic E-state index is 13.6. The molecule has 2 aliphatic heterocycles. The lowest BCUT2D eigenvalue weighted by Crippen LogP contribution is -2.52. The number of nitrogens with one attached hydrogen (secondary N) is 1. The maximum atomic E-state index is 13.6. The first-order valence-corrected chi connectivity index (χ1v) is 8.82. The monoisotopic (exact) mass is 348 g/mol. The molecule has 2 fully saturated rings. The third-order valence-corrected chi connectivity index (χ3v) is 5.10. The number of halogens is 1. The summed E-state index contributed by atoms with van der Waals surface area (Å²) in [6, 6.07) is 6.50. The zero-order valence-corrected chi connectivity index (χ0v) is 14.3. The van der Waals surface area contributed by atoms with E-state index in [2.05, 4.69) is 10.2 Å². The molecule has 6 nitrogen and oxygen atoms in total. The van der Waals surface area contributed by atoms with E-state index in [-0.39, 0.29) is 36.1 Å². The summed E-state index contributed by atoms with van der Waals surface area (Å²) in [5, 5.41) is 3.31. The van der Waals surface area contributed by atoms with Gasteiger partial charge in [0.05, 0.1) is 12.5 Å². The molecule has 7 heteroatoms. The van der Waals surface area contributed by atoms with Crippen LogP contribution in [0.15, 0.2) is 24.3 Å². The van der Waals surface area contributed by atoms with Crippen molar-refractivity contribution in [2.75, 3.05) is 39.3 Å². The molecular formula is C18H25FN4O2. The van der Waals surface area contributed by atoms with Gasteiger partial charge in [-0.25, -0.2) is 4.39 Å². The van der Waals surface area contributed by atoms with Gasteiger partial charge in [0.25, 0.3) is 0 Å². The van der Waals surface area contributed by atoms with Crippen LogP contribution in [0.2, 0.25) is 0 Å². The van der Waals surface area contributed by atoms with E-state index in [0.29, 0.717) is 19.6 Å². The highest BCUT2D eigenvalue weighted by Gasteiger charge is 2.30. The van der Waals surface area contributed by atoms with Gasteiger partial charge in [-0.3, -0.25) is 14.5 Å². The average molecular weight is 348 g/mol. The lowest BCUT2D eigenvalue weighted by Gasteiger charge is -2.38. The largest absolute Gasteiger partial charge is 0.369 e. The zero-order valence-electron chi connectivity index (χ0n) is 14.3. The fourth-order valence-corrected chi connectivity index (χ4v) is 3.69. The van der Waals surface area contributed by atoms with Crippen molar-refractivity contribution >= 4 is 11.8 Å². The minimum atomic E-state index is -0.336. The summed E-state index contributed by atoms with van der Waals surface area (Å²) in [5.74, 6) is -0.846. The molecule has 2 saturated heterocycles. The number of hydrogen-bond donors (Lipinski definition) is 2. The molecule has 2 aliphatic rings. The number of likely N-dealkylation sites (tertiary alicyclic amines) is 1. The molecule has 2 atom stereocenters. The van der Waals surface area contributed by atoms with Crippen LogP contribution in [0, 0.1) is 11.7 Å². The fraction of sp³-hybridized carbons (Fsp3) is 0.556. The highest BCUT2D eigenvalue weighted by atomic mass is 19.1. The van der Waals surface area contributed by atoms with Crippen LogP contribution >= 0.6 is 0 Å². The van der Waals surface area contributed by atoms with Gasteiger partial charge in [-0.1, -0.05) is 12.1 Å². The second-order valence-corrected chi connectivity index (χ2v) is 6.83. The molecule has 2 amide bonds. The topological polar surface area (TPSA) is 78.7 Å². The number of piperidine rings is 1. The molecule has 0 aliphatic carbocycles. The summed E-state index contributed by atoms with van der Waals surface area (Å²) in [6.07, 6.45) is 1.55. The highest BCUT2D eigenvalue weighted by molar-refractivity contribution is 5.81. The number of nitrogens with zero attached hydrogens (tertiary/aromatic N) is 2. The summed E-state index contributed by atoms with van der Waals surface area (Å²) < 4.78 is 13.6. The minimum absolute atomic E-state index is 0.00857. The lowest BCUT2D eigenvalue weighted by molar-refractivity contribution is -0.136. The quantitative estimate of drug-likeness (QED) is 0.830. The van der Waals surface area contributed by atoms with Gasteiger partial charge in [0, 0.05) is 38.8 Å². The minimum Gasteiger partial charge on any atom is -0.369 e. The van der Waals surface area contributed by atoms with Crippen molar-refractivity contribution in [2.45, 2.75) is 18.9 Å². The number of carbonyl (C=O) groups is 2. The number of rotatable bonds is 4. The van der Waals surface area contributed by atoms with E-state index >= 15 is 0 Å². The number of benzene rings is 1. The van der Waals surface area contributed by atoms with Gasteiger partial charge in [-0.15, -0.1) is 0 Å². The molecule has 3 rings (SSSR count). The van der Waals surface area contributed by atoms with Gasteiger partial charge in [-0.2, -0.15) is 0 Å². The van der Waals surface area contributed by atoms with E-state index in [1.165, 1.54) is 12.1 Å². The Kier molecular flexibility index (Phi) is 5.65. The first-order valence-electron chi connectivity index (χ1n) is 8.82. The van der Waals surface area contributed by atoms with E-state index < -0.39 is 0 Å². The van der Waals surface area contributed by atoms with Crippen LogP contribution in [-0.2, 0) is 9.59 Å². The van der Waals surface area contributed by atoms with Crippen LogP contribution in [0.1, 0.15) is 24.4 Å². The number of carbonyl (C=O) groups excluding carboxylic acids is 2. The van der Waals surface area contributed by atoms with E-state index in [1.807, 2.05) is 6.07 Å². The maximum Gasteiger partial charge on any atom is 0.236 e. The second kappa shape index (κ2) is 7.93.